The summed E-state index contributed by atoms with van der Waals surface area (Å²) in [6.07, 6.45) is 1.53. The van der Waals surface area contributed by atoms with Crippen molar-refractivity contribution in [3.8, 4) is 0 Å². The van der Waals surface area contributed by atoms with E-state index in [1.165, 1.54) is 0 Å². The zero-order chi connectivity index (χ0) is 12.5. The molecule has 4 heteroatoms. The average Bonchev–Trinajstić information content (AvgIpc) is 2.29. The molecule has 2 rings (SSSR count). The molecule has 0 aromatic heterocycles. The molecule has 1 aromatic rings. The van der Waals surface area contributed by atoms with Crippen molar-refractivity contribution in [1.29, 1.82) is 0 Å². The van der Waals surface area contributed by atoms with E-state index in [9.17, 15) is 8.42 Å². The van der Waals surface area contributed by atoms with Crippen LogP contribution in [0.2, 0.25) is 0 Å². The van der Waals surface area contributed by atoms with Crippen molar-refractivity contribution in [1.82, 2.24) is 0 Å². The summed E-state index contributed by atoms with van der Waals surface area (Å²) in [4.78, 5) is 0.353. The molecule has 0 amide bonds. The van der Waals surface area contributed by atoms with E-state index in [4.69, 9.17) is 4.74 Å². The van der Waals surface area contributed by atoms with Crippen molar-refractivity contribution in [3.05, 3.63) is 30.3 Å². The first-order valence-corrected chi connectivity index (χ1v) is 7.49. The third-order valence-corrected chi connectivity index (χ3v) is 5.06. The molecular formula is C13H18O3S. The summed E-state index contributed by atoms with van der Waals surface area (Å²) >= 11 is 0. The van der Waals surface area contributed by atoms with Crippen LogP contribution in [0.25, 0.3) is 0 Å². The van der Waals surface area contributed by atoms with Gasteiger partial charge in [-0.2, -0.15) is 0 Å². The van der Waals surface area contributed by atoms with E-state index in [1.54, 1.807) is 24.3 Å². The van der Waals surface area contributed by atoms with E-state index in [-0.39, 0.29) is 6.10 Å². The lowest BCUT2D eigenvalue weighted by molar-refractivity contribution is -0.0177. The molecule has 0 saturated carbocycles. The molecule has 0 aliphatic carbocycles. The Kier molecular flexibility index (Phi) is 3.54. The van der Waals surface area contributed by atoms with Gasteiger partial charge in [-0.05, 0) is 37.8 Å². The predicted molar refractivity (Wildman–Crippen MR) is 66.4 cm³/mol. The smallest absolute Gasteiger partial charge is 0.205 e. The summed E-state index contributed by atoms with van der Waals surface area (Å²) in [5.41, 5.74) is -0.691. The molecule has 0 spiro atoms. The summed E-state index contributed by atoms with van der Waals surface area (Å²) < 4.78 is 30.3. The Balaban J connectivity index is 2.27. The minimum absolute atomic E-state index is 0.0160. The second kappa shape index (κ2) is 4.78. The molecule has 1 saturated heterocycles. The van der Waals surface area contributed by atoms with Gasteiger partial charge in [-0.3, -0.25) is 0 Å². The summed E-state index contributed by atoms with van der Waals surface area (Å²) in [6, 6.07) is 8.54. The Morgan fingerprint density at radius 3 is 2.35 bits per heavy atom. The van der Waals surface area contributed by atoms with Gasteiger partial charge in [-0.1, -0.05) is 25.1 Å². The highest BCUT2D eigenvalue weighted by molar-refractivity contribution is 7.91. The van der Waals surface area contributed by atoms with E-state index >= 15 is 0 Å². The van der Waals surface area contributed by atoms with Crippen molar-refractivity contribution >= 4 is 9.84 Å². The molecule has 0 bridgehead atoms. The number of hydrogen-bond donors (Lipinski definition) is 0. The van der Waals surface area contributed by atoms with Gasteiger partial charge in [-0.15, -0.1) is 0 Å². The highest BCUT2D eigenvalue weighted by Gasteiger charge is 2.34. The number of hydrogen-bond acceptors (Lipinski definition) is 3. The first-order chi connectivity index (χ1) is 8.00. The van der Waals surface area contributed by atoms with Crippen LogP contribution in [-0.4, -0.2) is 20.0 Å². The van der Waals surface area contributed by atoms with Crippen LogP contribution in [-0.2, 0) is 14.6 Å². The maximum atomic E-state index is 12.4. The predicted octanol–water partition coefficient (Wildman–Crippen LogP) is 2.62. The molecule has 1 aromatic carbocycles. The molecule has 3 atom stereocenters. The van der Waals surface area contributed by atoms with Crippen molar-refractivity contribution in [2.45, 2.75) is 43.1 Å². The Hall–Kier alpha value is -0.870. The van der Waals surface area contributed by atoms with Gasteiger partial charge in [0.1, 0.15) is 0 Å². The topological polar surface area (TPSA) is 43.4 Å². The standard InChI is InChI=1S/C13H18O3S/c1-10-8-11(2)16-13(9-10)17(14,15)12-6-4-3-5-7-12/h3-7,10-11,13H,8-9H2,1-2H3/t10-,11-,13?/m0/s1. The minimum atomic E-state index is -3.35. The van der Waals surface area contributed by atoms with Gasteiger partial charge in [0.15, 0.2) is 5.44 Å². The number of benzene rings is 1. The van der Waals surface area contributed by atoms with Crippen LogP contribution in [0.1, 0.15) is 26.7 Å². The van der Waals surface area contributed by atoms with Crippen LogP contribution in [0.3, 0.4) is 0 Å². The first-order valence-electron chi connectivity index (χ1n) is 5.94. The number of sulfone groups is 1. The monoisotopic (exact) mass is 254 g/mol. The second-order valence-electron chi connectivity index (χ2n) is 4.81. The summed E-state index contributed by atoms with van der Waals surface area (Å²) in [5, 5.41) is 0. The lowest BCUT2D eigenvalue weighted by atomic mass is 9.99. The average molecular weight is 254 g/mol. The Labute approximate surface area is 103 Å². The van der Waals surface area contributed by atoms with Crippen molar-refractivity contribution in [3.63, 3.8) is 0 Å². The fourth-order valence-corrected chi connectivity index (χ4v) is 4.08. The van der Waals surface area contributed by atoms with Gasteiger partial charge in [-0.25, -0.2) is 8.42 Å². The fourth-order valence-electron chi connectivity index (χ4n) is 2.32. The van der Waals surface area contributed by atoms with Crippen LogP contribution in [0.4, 0.5) is 0 Å². The Morgan fingerprint density at radius 1 is 1.12 bits per heavy atom. The second-order valence-corrected chi connectivity index (χ2v) is 6.90. The molecule has 0 N–H and O–H groups in total. The van der Waals surface area contributed by atoms with E-state index < -0.39 is 15.3 Å². The molecule has 1 aliphatic heterocycles. The molecule has 1 aliphatic rings. The van der Waals surface area contributed by atoms with Crippen LogP contribution < -0.4 is 0 Å². The largest absolute Gasteiger partial charge is 0.359 e. The van der Waals surface area contributed by atoms with Gasteiger partial charge in [0.2, 0.25) is 9.84 Å². The normalized spacial score (nSPS) is 30.1. The zero-order valence-electron chi connectivity index (χ0n) is 10.2. The SMILES string of the molecule is C[C@@H]1CC(S(=O)(=O)c2ccccc2)O[C@@H](C)C1. The van der Waals surface area contributed by atoms with Crippen molar-refractivity contribution < 1.29 is 13.2 Å². The van der Waals surface area contributed by atoms with E-state index in [1.807, 2.05) is 13.0 Å². The van der Waals surface area contributed by atoms with Gasteiger partial charge < -0.3 is 4.74 Å². The molecule has 1 heterocycles. The zero-order valence-corrected chi connectivity index (χ0v) is 11.0. The fraction of sp³-hybridized carbons (Fsp3) is 0.538. The number of rotatable bonds is 2. The van der Waals surface area contributed by atoms with E-state index in [2.05, 4.69) is 6.92 Å². The van der Waals surface area contributed by atoms with E-state index in [0.717, 1.165) is 6.42 Å². The highest BCUT2D eigenvalue weighted by atomic mass is 32.2. The van der Waals surface area contributed by atoms with Crippen LogP contribution in [0.15, 0.2) is 35.2 Å². The van der Waals surface area contributed by atoms with Crippen LogP contribution in [0, 0.1) is 5.92 Å². The first kappa shape index (κ1) is 12.6. The van der Waals surface area contributed by atoms with Gasteiger partial charge >= 0.3 is 0 Å². The van der Waals surface area contributed by atoms with Crippen LogP contribution in [0.5, 0.6) is 0 Å². The maximum Gasteiger partial charge on any atom is 0.205 e. The van der Waals surface area contributed by atoms with Crippen molar-refractivity contribution in [2.24, 2.45) is 5.92 Å². The molecule has 1 fully saturated rings. The number of ether oxygens (including phenoxy) is 1. The Morgan fingerprint density at radius 2 is 1.76 bits per heavy atom. The summed E-state index contributed by atoms with van der Waals surface area (Å²) in [6.45, 7) is 4.01. The third-order valence-electron chi connectivity index (χ3n) is 3.13. The molecule has 94 valence electrons. The molecular weight excluding hydrogens is 236 g/mol. The lowest BCUT2D eigenvalue weighted by Gasteiger charge is -2.31. The third kappa shape index (κ3) is 2.69. The Bertz CT molecular complexity index is 457. The maximum absolute atomic E-state index is 12.4. The van der Waals surface area contributed by atoms with Gasteiger partial charge in [0.05, 0.1) is 11.0 Å². The minimum Gasteiger partial charge on any atom is -0.359 e. The summed E-state index contributed by atoms with van der Waals surface area (Å²) in [5.74, 6) is 0.391. The highest BCUT2D eigenvalue weighted by Crippen LogP contribution is 2.30. The van der Waals surface area contributed by atoms with E-state index in [0.29, 0.717) is 17.2 Å². The van der Waals surface area contributed by atoms with Gasteiger partial charge in [0.25, 0.3) is 0 Å². The van der Waals surface area contributed by atoms with Gasteiger partial charge in [0, 0.05) is 0 Å². The summed E-state index contributed by atoms with van der Waals surface area (Å²) in [7, 11) is -3.35. The van der Waals surface area contributed by atoms with Crippen molar-refractivity contribution in [2.75, 3.05) is 0 Å². The molecule has 3 nitrogen and oxygen atoms in total. The molecule has 17 heavy (non-hydrogen) atoms. The molecule has 0 radical (unpaired) electrons. The molecule has 1 unspecified atom stereocenters. The lowest BCUT2D eigenvalue weighted by Crippen LogP contribution is -2.35. The quantitative estimate of drug-likeness (QED) is 0.815. The van der Waals surface area contributed by atoms with Crippen LogP contribution >= 0.6 is 0 Å².